The van der Waals surface area contributed by atoms with Gasteiger partial charge in [0.05, 0.1) is 12.0 Å². The van der Waals surface area contributed by atoms with E-state index in [1.807, 2.05) is 6.92 Å². The lowest BCUT2D eigenvalue weighted by Gasteiger charge is -2.09. The van der Waals surface area contributed by atoms with Gasteiger partial charge in [0.1, 0.15) is 6.61 Å². The zero-order valence-electron chi connectivity index (χ0n) is 8.72. The first-order valence-corrected chi connectivity index (χ1v) is 5.11. The average molecular weight is 224 g/mol. The second-order valence-corrected chi connectivity index (χ2v) is 3.45. The largest absolute Gasteiger partial charge is 0.383 e. The van der Waals surface area contributed by atoms with Gasteiger partial charge in [0, 0.05) is 20.3 Å². The van der Waals surface area contributed by atoms with Crippen LogP contribution in [0.4, 0.5) is 0 Å². The number of carbonyl (C=O) groups is 1. The summed E-state index contributed by atoms with van der Waals surface area (Å²) in [6.07, 6.45) is 0.702. The molecule has 0 aliphatic heterocycles. The SMILES string of the molecule is CCOCC(=O)NCCC(Cl)COC. The summed E-state index contributed by atoms with van der Waals surface area (Å²) in [7, 11) is 1.60. The molecule has 0 aliphatic rings. The van der Waals surface area contributed by atoms with Crippen LogP contribution in [0.15, 0.2) is 0 Å². The van der Waals surface area contributed by atoms with E-state index in [1.54, 1.807) is 7.11 Å². The predicted molar refractivity (Wildman–Crippen MR) is 55.6 cm³/mol. The molecule has 0 rings (SSSR count). The molecule has 0 saturated carbocycles. The molecule has 0 fully saturated rings. The second kappa shape index (κ2) is 9.24. The van der Waals surface area contributed by atoms with Crippen molar-refractivity contribution in [3.8, 4) is 0 Å². The molecule has 0 aromatic heterocycles. The van der Waals surface area contributed by atoms with Crippen molar-refractivity contribution in [1.82, 2.24) is 5.32 Å². The molecule has 1 amide bonds. The van der Waals surface area contributed by atoms with Crippen LogP contribution < -0.4 is 5.32 Å². The van der Waals surface area contributed by atoms with E-state index in [0.29, 0.717) is 26.2 Å². The van der Waals surface area contributed by atoms with Gasteiger partial charge in [0.15, 0.2) is 0 Å². The van der Waals surface area contributed by atoms with Gasteiger partial charge in [-0.05, 0) is 13.3 Å². The molecule has 0 spiro atoms. The average Bonchev–Trinajstić information content (AvgIpc) is 2.15. The van der Waals surface area contributed by atoms with Gasteiger partial charge in [-0.15, -0.1) is 11.6 Å². The Labute approximate surface area is 89.9 Å². The number of alkyl halides is 1. The number of carbonyl (C=O) groups excluding carboxylic acids is 1. The van der Waals surface area contributed by atoms with Gasteiger partial charge in [-0.3, -0.25) is 4.79 Å². The van der Waals surface area contributed by atoms with Crippen molar-refractivity contribution in [2.75, 3.05) is 33.5 Å². The van der Waals surface area contributed by atoms with Gasteiger partial charge >= 0.3 is 0 Å². The Balaban J connectivity index is 3.30. The highest BCUT2D eigenvalue weighted by Gasteiger charge is 2.05. The Hall–Kier alpha value is -0.320. The van der Waals surface area contributed by atoms with Gasteiger partial charge in [0.25, 0.3) is 0 Å². The normalized spacial score (nSPS) is 12.5. The standard InChI is InChI=1S/C9H18ClNO3/c1-3-14-7-9(12)11-5-4-8(10)6-13-2/h8H,3-7H2,1-2H3,(H,11,12). The monoisotopic (exact) mass is 223 g/mol. The number of nitrogens with one attached hydrogen (secondary N) is 1. The molecule has 0 radical (unpaired) electrons. The van der Waals surface area contributed by atoms with E-state index in [4.69, 9.17) is 21.1 Å². The fraction of sp³-hybridized carbons (Fsp3) is 0.889. The van der Waals surface area contributed by atoms with Crippen molar-refractivity contribution < 1.29 is 14.3 Å². The number of amides is 1. The van der Waals surface area contributed by atoms with Crippen LogP contribution in [-0.2, 0) is 14.3 Å². The van der Waals surface area contributed by atoms with Crippen molar-refractivity contribution in [2.45, 2.75) is 18.7 Å². The highest BCUT2D eigenvalue weighted by Crippen LogP contribution is 2.00. The first-order chi connectivity index (χ1) is 6.70. The van der Waals surface area contributed by atoms with Crippen LogP contribution in [0.2, 0.25) is 0 Å². The molecule has 0 aromatic carbocycles. The minimum atomic E-state index is -0.104. The fourth-order valence-corrected chi connectivity index (χ4v) is 1.11. The summed E-state index contributed by atoms with van der Waals surface area (Å²) in [6.45, 7) is 3.58. The van der Waals surface area contributed by atoms with E-state index < -0.39 is 0 Å². The Bertz CT molecular complexity index is 155. The van der Waals surface area contributed by atoms with Gasteiger partial charge in [0.2, 0.25) is 5.91 Å². The van der Waals surface area contributed by atoms with E-state index in [0.717, 1.165) is 0 Å². The number of hydrogen-bond acceptors (Lipinski definition) is 3. The maximum Gasteiger partial charge on any atom is 0.245 e. The molecule has 14 heavy (non-hydrogen) atoms. The Morgan fingerprint density at radius 3 is 2.86 bits per heavy atom. The molecule has 5 heteroatoms. The van der Waals surface area contributed by atoms with Crippen LogP contribution in [0.5, 0.6) is 0 Å². The molecule has 84 valence electrons. The second-order valence-electron chi connectivity index (χ2n) is 2.83. The third kappa shape index (κ3) is 8.29. The minimum absolute atomic E-state index is 0.0487. The summed E-state index contributed by atoms with van der Waals surface area (Å²) < 4.78 is 9.79. The lowest BCUT2D eigenvalue weighted by molar-refractivity contribution is -0.125. The molecule has 0 aliphatic carbocycles. The molecular formula is C9H18ClNO3. The third-order valence-corrected chi connectivity index (χ3v) is 1.91. The molecule has 0 bridgehead atoms. The first-order valence-electron chi connectivity index (χ1n) is 4.68. The molecule has 0 aromatic rings. The van der Waals surface area contributed by atoms with Crippen molar-refractivity contribution in [3.05, 3.63) is 0 Å². The summed E-state index contributed by atoms with van der Waals surface area (Å²) >= 11 is 5.86. The topological polar surface area (TPSA) is 47.6 Å². The summed E-state index contributed by atoms with van der Waals surface area (Å²) in [6, 6.07) is 0. The van der Waals surface area contributed by atoms with Crippen LogP contribution in [0, 0.1) is 0 Å². The Kier molecular flexibility index (Phi) is 9.03. The van der Waals surface area contributed by atoms with Crippen molar-refractivity contribution >= 4 is 17.5 Å². The van der Waals surface area contributed by atoms with E-state index in [-0.39, 0.29) is 17.9 Å². The lowest BCUT2D eigenvalue weighted by Crippen LogP contribution is -2.30. The van der Waals surface area contributed by atoms with Crippen molar-refractivity contribution in [2.24, 2.45) is 0 Å². The quantitative estimate of drug-likeness (QED) is 0.619. The summed E-state index contributed by atoms with van der Waals surface area (Å²) in [4.78, 5) is 11.0. The van der Waals surface area contributed by atoms with E-state index in [1.165, 1.54) is 0 Å². The van der Waals surface area contributed by atoms with Gasteiger partial charge in [-0.1, -0.05) is 0 Å². The van der Waals surface area contributed by atoms with Gasteiger partial charge in [-0.2, -0.15) is 0 Å². The highest BCUT2D eigenvalue weighted by molar-refractivity contribution is 6.20. The highest BCUT2D eigenvalue weighted by atomic mass is 35.5. The molecule has 0 saturated heterocycles. The number of methoxy groups -OCH3 is 1. The van der Waals surface area contributed by atoms with Crippen LogP contribution >= 0.6 is 11.6 Å². The number of halogens is 1. The van der Waals surface area contributed by atoms with Crippen molar-refractivity contribution in [1.29, 1.82) is 0 Å². The minimum Gasteiger partial charge on any atom is -0.383 e. The third-order valence-electron chi connectivity index (χ3n) is 1.56. The summed E-state index contributed by atoms with van der Waals surface area (Å²) in [5.41, 5.74) is 0. The number of rotatable bonds is 8. The molecule has 1 N–H and O–H groups in total. The molecule has 0 heterocycles. The van der Waals surface area contributed by atoms with Crippen LogP contribution in [0.25, 0.3) is 0 Å². The maximum absolute atomic E-state index is 11.0. The zero-order valence-corrected chi connectivity index (χ0v) is 9.47. The number of ether oxygens (including phenoxy) is 2. The predicted octanol–water partition coefficient (Wildman–Crippen LogP) is 0.783. The fourth-order valence-electron chi connectivity index (χ4n) is 0.878. The van der Waals surface area contributed by atoms with Crippen molar-refractivity contribution in [3.63, 3.8) is 0 Å². The smallest absolute Gasteiger partial charge is 0.245 e. The molecule has 1 atom stereocenters. The Morgan fingerprint density at radius 2 is 2.29 bits per heavy atom. The Morgan fingerprint density at radius 1 is 1.57 bits per heavy atom. The molecule has 1 unspecified atom stereocenters. The zero-order chi connectivity index (χ0) is 10.8. The molecular weight excluding hydrogens is 206 g/mol. The van der Waals surface area contributed by atoms with E-state index >= 15 is 0 Å². The van der Waals surface area contributed by atoms with Crippen LogP contribution in [-0.4, -0.2) is 44.8 Å². The molecule has 4 nitrogen and oxygen atoms in total. The summed E-state index contributed by atoms with van der Waals surface area (Å²) in [5, 5.41) is 2.65. The van der Waals surface area contributed by atoms with E-state index in [2.05, 4.69) is 5.32 Å². The lowest BCUT2D eigenvalue weighted by atomic mass is 10.3. The van der Waals surface area contributed by atoms with Gasteiger partial charge in [-0.25, -0.2) is 0 Å². The number of hydrogen-bond donors (Lipinski definition) is 1. The van der Waals surface area contributed by atoms with E-state index in [9.17, 15) is 4.79 Å². The van der Waals surface area contributed by atoms with Crippen LogP contribution in [0.1, 0.15) is 13.3 Å². The maximum atomic E-state index is 11.0. The first kappa shape index (κ1) is 13.7. The summed E-state index contributed by atoms with van der Waals surface area (Å²) in [5.74, 6) is -0.104. The van der Waals surface area contributed by atoms with Gasteiger partial charge < -0.3 is 14.8 Å². The van der Waals surface area contributed by atoms with Crippen LogP contribution in [0.3, 0.4) is 0 Å².